The van der Waals surface area contributed by atoms with Crippen molar-refractivity contribution >= 4 is 0 Å². The Kier molecular flexibility index (Phi) is 5.51. The van der Waals surface area contributed by atoms with Crippen LogP contribution in [0.4, 0.5) is 0 Å². The van der Waals surface area contributed by atoms with E-state index in [9.17, 15) is 5.11 Å². The zero-order valence-electron chi connectivity index (χ0n) is 8.85. The van der Waals surface area contributed by atoms with E-state index in [1.54, 1.807) is 0 Å². The lowest BCUT2D eigenvalue weighted by atomic mass is 9.91. The molecule has 2 N–H and O–H groups in total. The third kappa shape index (κ3) is 3.55. The van der Waals surface area contributed by atoms with Gasteiger partial charge in [-0.1, -0.05) is 34.1 Å². The molecule has 0 bridgehead atoms. The van der Waals surface area contributed by atoms with E-state index in [-0.39, 0.29) is 12.1 Å². The number of nitrogens with one attached hydrogen (secondary N) is 1. The first-order valence-corrected chi connectivity index (χ1v) is 4.98. The summed E-state index contributed by atoms with van der Waals surface area (Å²) in [5.41, 5.74) is -0.0388. The number of aliphatic hydroxyl groups is 1. The lowest BCUT2D eigenvalue weighted by Gasteiger charge is -2.34. The highest BCUT2D eigenvalue weighted by molar-refractivity contribution is 4.86. The van der Waals surface area contributed by atoms with E-state index >= 15 is 0 Å². The first-order valence-electron chi connectivity index (χ1n) is 4.98. The van der Waals surface area contributed by atoms with Crippen molar-refractivity contribution in [1.29, 1.82) is 0 Å². The predicted molar refractivity (Wildman–Crippen MR) is 53.3 cm³/mol. The van der Waals surface area contributed by atoms with Crippen molar-refractivity contribution < 1.29 is 5.11 Å². The van der Waals surface area contributed by atoms with E-state index in [0.29, 0.717) is 6.04 Å². The minimum Gasteiger partial charge on any atom is -0.394 e. The standard InChI is InChI=1S/C10H23NO/c1-5-7-10(6-2,8-12)11-9(3)4/h9,11-12H,5-8H2,1-4H3. The van der Waals surface area contributed by atoms with Gasteiger partial charge in [0.05, 0.1) is 6.61 Å². The van der Waals surface area contributed by atoms with Crippen molar-refractivity contribution in [3.63, 3.8) is 0 Å². The highest BCUT2D eigenvalue weighted by atomic mass is 16.3. The van der Waals surface area contributed by atoms with Crippen molar-refractivity contribution in [1.82, 2.24) is 5.32 Å². The van der Waals surface area contributed by atoms with Crippen LogP contribution >= 0.6 is 0 Å². The Labute approximate surface area is 76.4 Å². The zero-order chi connectivity index (χ0) is 9.61. The second-order valence-electron chi connectivity index (χ2n) is 3.84. The third-order valence-corrected chi connectivity index (χ3v) is 2.30. The molecule has 0 aromatic rings. The van der Waals surface area contributed by atoms with Gasteiger partial charge in [0.25, 0.3) is 0 Å². The van der Waals surface area contributed by atoms with Crippen molar-refractivity contribution in [2.45, 2.75) is 58.5 Å². The summed E-state index contributed by atoms with van der Waals surface area (Å²) in [6, 6.07) is 0.448. The predicted octanol–water partition coefficient (Wildman–Crippen LogP) is 1.93. The minimum absolute atomic E-state index is 0.0388. The summed E-state index contributed by atoms with van der Waals surface area (Å²) in [6.07, 6.45) is 3.17. The second kappa shape index (κ2) is 5.55. The number of aliphatic hydroxyl groups excluding tert-OH is 1. The fraction of sp³-hybridized carbons (Fsp3) is 1.00. The molecule has 74 valence electrons. The van der Waals surface area contributed by atoms with Gasteiger partial charge in [-0.05, 0) is 12.8 Å². The van der Waals surface area contributed by atoms with Crippen LogP contribution in [0.2, 0.25) is 0 Å². The van der Waals surface area contributed by atoms with Gasteiger partial charge < -0.3 is 10.4 Å². The highest BCUT2D eigenvalue weighted by Crippen LogP contribution is 2.17. The average molecular weight is 173 g/mol. The Morgan fingerprint density at radius 1 is 1.33 bits per heavy atom. The van der Waals surface area contributed by atoms with E-state index in [2.05, 4.69) is 33.0 Å². The lowest BCUT2D eigenvalue weighted by molar-refractivity contribution is 0.137. The molecule has 0 aliphatic carbocycles. The van der Waals surface area contributed by atoms with Gasteiger partial charge in [0.1, 0.15) is 0 Å². The second-order valence-corrected chi connectivity index (χ2v) is 3.84. The number of rotatable bonds is 6. The molecule has 0 amide bonds. The fourth-order valence-electron chi connectivity index (χ4n) is 1.68. The largest absolute Gasteiger partial charge is 0.394 e. The summed E-state index contributed by atoms with van der Waals surface area (Å²) < 4.78 is 0. The van der Waals surface area contributed by atoms with Crippen LogP contribution in [0.1, 0.15) is 47.0 Å². The summed E-state index contributed by atoms with van der Waals surface area (Å²) in [4.78, 5) is 0. The monoisotopic (exact) mass is 173 g/mol. The third-order valence-electron chi connectivity index (χ3n) is 2.30. The molecule has 0 saturated heterocycles. The number of hydrogen-bond donors (Lipinski definition) is 2. The van der Waals surface area contributed by atoms with Crippen LogP contribution in [0.3, 0.4) is 0 Å². The Morgan fingerprint density at radius 2 is 1.92 bits per heavy atom. The van der Waals surface area contributed by atoms with Crippen molar-refractivity contribution in [2.24, 2.45) is 0 Å². The molecule has 1 atom stereocenters. The normalized spacial score (nSPS) is 16.5. The van der Waals surface area contributed by atoms with Gasteiger partial charge >= 0.3 is 0 Å². The van der Waals surface area contributed by atoms with Gasteiger partial charge in [-0.3, -0.25) is 0 Å². The molecule has 0 aliphatic heterocycles. The molecule has 2 nitrogen and oxygen atoms in total. The zero-order valence-corrected chi connectivity index (χ0v) is 8.85. The maximum absolute atomic E-state index is 9.29. The molecule has 0 aliphatic rings. The molecule has 0 saturated carbocycles. The Hall–Kier alpha value is -0.0800. The van der Waals surface area contributed by atoms with E-state index < -0.39 is 0 Å². The molecular formula is C10H23NO. The van der Waals surface area contributed by atoms with E-state index in [0.717, 1.165) is 19.3 Å². The Bertz CT molecular complexity index is 108. The minimum atomic E-state index is -0.0388. The molecule has 12 heavy (non-hydrogen) atoms. The lowest BCUT2D eigenvalue weighted by Crippen LogP contribution is -2.51. The van der Waals surface area contributed by atoms with Gasteiger partial charge in [-0.25, -0.2) is 0 Å². The summed E-state index contributed by atoms with van der Waals surface area (Å²) in [5.74, 6) is 0. The van der Waals surface area contributed by atoms with Crippen LogP contribution in [0, 0.1) is 0 Å². The fourth-order valence-corrected chi connectivity index (χ4v) is 1.68. The molecule has 0 radical (unpaired) electrons. The molecule has 0 fully saturated rings. The molecule has 2 heteroatoms. The molecular weight excluding hydrogens is 150 g/mol. The van der Waals surface area contributed by atoms with Crippen LogP contribution in [-0.2, 0) is 0 Å². The smallest absolute Gasteiger partial charge is 0.0613 e. The van der Waals surface area contributed by atoms with Crippen LogP contribution in [0.25, 0.3) is 0 Å². The van der Waals surface area contributed by atoms with E-state index in [1.165, 1.54) is 0 Å². The molecule has 0 heterocycles. The van der Waals surface area contributed by atoms with Crippen LogP contribution < -0.4 is 5.32 Å². The van der Waals surface area contributed by atoms with Crippen molar-refractivity contribution in [3.8, 4) is 0 Å². The quantitative estimate of drug-likeness (QED) is 0.643. The first-order chi connectivity index (χ1) is 5.60. The molecule has 0 spiro atoms. The van der Waals surface area contributed by atoms with Gasteiger partial charge in [0.2, 0.25) is 0 Å². The van der Waals surface area contributed by atoms with Gasteiger partial charge in [-0.2, -0.15) is 0 Å². The molecule has 1 unspecified atom stereocenters. The van der Waals surface area contributed by atoms with E-state index in [4.69, 9.17) is 0 Å². The Balaban J connectivity index is 4.13. The van der Waals surface area contributed by atoms with Crippen molar-refractivity contribution in [3.05, 3.63) is 0 Å². The van der Waals surface area contributed by atoms with Gasteiger partial charge in [-0.15, -0.1) is 0 Å². The summed E-state index contributed by atoms with van der Waals surface area (Å²) >= 11 is 0. The maximum atomic E-state index is 9.29. The van der Waals surface area contributed by atoms with Crippen LogP contribution in [0.5, 0.6) is 0 Å². The van der Waals surface area contributed by atoms with Gasteiger partial charge in [0, 0.05) is 11.6 Å². The SMILES string of the molecule is CCCC(CC)(CO)NC(C)C. The summed E-state index contributed by atoms with van der Waals surface area (Å²) in [5, 5.41) is 12.7. The maximum Gasteiger partial charge on any atom is 0.0613 e. The van der Waals surface area contributed by atoms with Crippen LogP contribution in [-0.4, -0.2) is 23.3 Å². The molecule has 0 rings (SSSR count). The van der Waals surface area contributed by atoms with Crippen LogP contribution in [0.15, 0.2) is 0 Å². The van der Waals surface area contributed by atoms with Gasteiger partial charge in [0.15, 0.2) is 0 Å². The molecule has 0 aromatic carbocycles. The van der Waals surface area contributed by atoms with E-state index in [1.807, 2.05) is 0 Å². The highest BCUT2D eigenvalue weighted by Gasteiger charge is 2.26. The summed E-state index contributed by atoms with van der Waals surface area (Å²) in [7, 11) is 0. The Morgan fingerprint density at radius 3 is 2.17 bits per heavy atom. The first kappa shape index (κ1) is 11.9. The molecule has 0 aromatic heterocycles. The average Bonchev–Trinajstić information content (AvgIpc) is 2.03. The number of hydrogen-bond acceptors (Lipinski definition) is 2. The topological polar surface area (TPSA) is 32.3 Å². The summed E-state index contributed by atoms with van der Waals surface area (Å²) in [6.45, 7) is 8.77. The van der Waals surface area contributed by atoms with Crippen molar-refractivity contribution in [2.75, 3.05) is 6.61 Å².